The van der Waals surface area contributed by atoms with E-state index in [2.05, 4.69) is 10.1 Å². The van der Waals surface area contributed by atoms with Gasteiger partial charge in [0.05, 0.1) is 5.41 Å². The average Bonchev–Trinajstić information content (AvgIpc) is 1.99. The van der Waals surface area contributed by atoms with Crippen LogP contribution in [0.25, 0.3) is 0 Å². The van der Waals surface area contributed by atoms with Crippen LogP contribution in [0.15, 0.2) is 12.2 Å². The summed E-state index contributed by atoms with van der Waals surface area (Å²) >= 11 is 0. The van der Waals surface area contributed by atoms with Gasteiger partial charge in [-0.15, -0.1) is 0 Å². The molecule has 15 heavy (non-hydrogen) atoms. The van der Waals surface area contributed by atoms with Gasteiger partial charge < -0.3 is 10.1 Å². The number of rotatable bonds is 2. The standard InChI is InChI=1S/C11H17NO3/c1-11(2,3)10(14)15-9(13)5-4-8-6-12-7-8/h4-5,8,12H,6-7H2,1-3H3/b5-4+. The first-order valence-electron chi connectivity index (χ1n) is 5.05. The molecule has 1 aliphatic rings. The van der Waals surface area contributed by atoms with Gasteiger partial charge in [-0.25, -0.2) is 4.79 Å². The molecule has 4 nitrogen and oxygen atoms in total. The van der Waals surface area contributed by atoms with Gasteiger partial charge in [0.15, 0.2) is 0 Å². The molecular formula is C11H17NO3. The minimum atomic E-state index is -0.637. The Labute approximate surface area is 89.7 Å². The summed E-state index contributed by atoms with van der Waals surface area (Å²) in [5.41, 5.74) is -0.637. The SMILES string of the molecule is CC(C)(C)C(=O)OC(=O)/C=C/C1CNC1. The number of ether oxygens (including phenoxy) is 1. The number of hydrogen-bond donors (Lipinski definition) is 1. The molecule has 0 aliphatic carbocycles. The van der Waals surface area contributed by atoms with Crippen molar-refractivity contribution in [1.29, 1.82) is 0 Å². The van der Waals surface area contributed by atoms with Crippen molar-refractivity contribution >= 4 is 11.9 Å². The predicted octanol–water partition coefficient (Wildman–Crippen LogP) is 0.878. The molecule has 1 fully saturated rings. The molecule has 0 aromatic heterocycles. The Morgan fingerprint density at radius 1 is 1.33 bits per heavy atom. The van der Waals surface area contributed by atoms with Crippen LogP contribution >= 0.6 is 0 Å². The van der Waals surface area contributed by atoms with Gasteiger partial charge in [-0.3, -0.25) is 4.79 Å². The van der Waals surface area contributed by atoms with Crippen molar-refractivity contribution in [2.75, 3.05) is 13.1 Å². The van der Waals surface area contributed by atoms with E-state index in [1.807, 2.05) is 0 Å². The predicted molar refractivity (Wildman–Crippen MR) is 56.1 cm³/mol. The summed E-state index contributed by atoms with van der Waals surface area (Å²) < 4.78 is 4.65. The molecule has 84 valence electrons. The Morgan fingerprint density at radius 2 is 1.93 bits per heavy atom. The fourth-order valence-electron chi connectivity index (χ4n) is 0.940. The number of carbonyl (C=O) groups is 2. The van der Waals surface area contributed by atoms with Gasteiger partial charge in [0, 0.05) is 25.1 Å². The topological polar surface area (TPSA) is 55.4 Å². The lowest BCUT2D eigenvalue weighted by atomic mass is 9.97. The molecule has 0 spiro atoms. The van der Waals surface area contributed by atoms with Crippen molar-refractivity contribution in [2.24, 2.45) is 11.3 Å². The molecule has 0 unspecified atom stereocenters. The molecule has 1 rings (SSSR count). The van der Waals surface area contributed by atoms with Gasteiger partial charge in [-0.2, -0.15) is 0 Å². The van der Waals surface area contributed by atoms with Gasteiger partial charge in [0.1, 0.15) is 0 Å². The van der Waals surface area contributed by atoms with Crippen LogP contribution in [0.1, 0.15) is 20.8 Å². The minimum absolute atomic E-state index is 0.391. The van der Waals surface area contributed by atoms with Crippen LogP contribution in [0.3, 0.4) is 0 Å². The van der Waals surface area contributed by atoms with E-state index in [1.165, 1.54) is 6.08 Å². The van der Waals surface area contributed by atoms with Crippen molar-refractivity contribution < 1.29 is 14.3 Å². The van der Waals surface area contributed by atoms with Gasteiger partial charge in [-0.1, -0.05) is 6.08 Å². The van der Waals surface area contributed by atoms with Crippen LogP contribution in [0, 0.1) is 11.3 Å². The molecule has 0 aromatic rings. The zero-order valence-corrected chi connectivity index (χ0v) is 9.37. The molecule has 0 aromatic carbocycles. The number of esters is 2. The molecule has 0 bridgehead atoms. The number of carbonyl (C=O) groups excluding carboxylic acids is 2. The van der Waals surface area contributed by atoms with E-state index in [0.29, 0.717) is 5.92 Å². The first kappa shape index (κ1) is 11.9. The summed E-state index contributed by atoms with van der Waals surface area (Å²) in [7, 11) is 0. The first-order valence-corrected chi connectivity index (χ1v) is 5.05. The molecule has 0 saturated carbocycles. The molecule has 0 atom stereocenters. The van der Waals surface area contributed by atoms with Crippen LogP contribution in [0.2, 0.25) is 0 Å². The summed E-state index contributed by atoms with van der Waals surface area (Å²) in [6.07, 6.45) is 3.10. The van der Waals surface area contributed by atoms with Crippen LogP contribution in [0.5, 0.6) is 0 Å². The second kappa shape index (κ2) is 4.57. The number of hydrogen-bond acceptors (Lipinski definition) is 4. The van der Waals surface area contributed by atoms with E-state index >= 15 is 0 Å². The Morgan fingerprint density at radius 3 is 2.33 bits per heavy atom. The maximum atomic E-state index is 11.3. The molecule has 1 saturated heterocycles. The molecule has 1 N–H and O–H groups in total. The normalized spacial score (nSPS) is 17.5. The fourth-order valence-corrected chi connectivity index (χ4v) is 0.940. The summed E-state index contributed by atoms with van der Waals surface area (Å²) in [6, 6.07) is 0. The maximum absolute atomic E-state index is 11.3. The van der Waals surface area contributed by atoms with Gasteiger partial charge in [0.25, 0.3) is 0 Å². The molecule has 1 aliphatic heterocycles. The van der Waals surface area contributed by atoms with Crippen LogP contribution < -0.4 is 5.32 Å². The Bertz CT molecular complexity index is 285. The summed E-state index contributed by atoms with van der Waals surface area (Å²) in [4.78, 5) is 22.5. The number of nitrogens with one attached hydrogen (secondary N) is 1. The lowest BCUT2D eigenvalue weighted by Crippen LogP contribution is -2.40. The lowest BCUT2D eigenvalue weighted by Gasteiger charge is -2.23. The van der Waals surface area contributed by atoms with Crippen molar-refractivity contribution in [2.45, 2.75) is 20.8 Å². The Balaban J connectivity index is 2.35. The zero-order valence-electron chi connectivity index (χ0n) is 9.37. The molecule has 0 radical (unpaired) electrons. The largest absolute Gasteiger partial charge is 0.389 e. The van der Waals surface area contributed by atoms with Crippen molar-refractivity contribution in [1.82, 2.24) is 5.32 Å². The average molecular weight is 211 g/mol. The maximum Gasteiger partial charge on any atom is 0.338 e. The first-order chi connectivity index (χ1) is 6.89. The van der Waals surface area contributed by atoms with E-state index in [1.54, 1.807) is 26.8 Å². The van der Waals surface area contributed by atoms with Gasteiger partial charge >= 0.3 is 11.9 Å². The Kier molecular flexibility index (Phi) is 3.63. The summed E-state index contributed by atoms with van der Waals surface area (Å²) in [5, 5.41) is 3.08. The van der Waals surface area contributed by atoms with Crippen LogP contribution in [-0.2, 0) is 14.3 Å². The molecule has 0 amide bonds. The van der Waals surface area contributed by atoms with Crippen LogP contribution in [0.4, 0.5) is 0 Å². The van der Waals surface area contributed by atoms with E-state index < -0.39 is 17.4 Å². The summed E-state index contributed by atoms with van der Waals surface area (Å²) in [5.74, 6) is -0.687. The lowest BCUT2D eigenvalue weighted by molar-refractivity contribution is -0.162. The smallest absolute Gasteiger partial charge is 0.338 e. The van der Waals surface area contributed by atoms with Gasteiger partial charge in [-0.05, 0) is 20.8 Å². The third-order valence-corrected chi connectivity index (χ3v) is 2.12. The van der Waals surface area contributed by atoms with Crippen molar-refractivity contribution in [3.05, 3.63) is 12.2 Å². The third kappa shape index (κ3) is 3.83. The molecule has 4 heteroatoms. The highest BCUT2D eigenvalue weighted by Crippen LogP contribution is 2.15. The highest BCUT2D eigenvalue weighted by atomic mass is 16.6. The second-order valence-corrected chi connectivity index (χ2v) is 4.74. The van der Waals surface area contributed by atoms with E-state index in [0.717, 1.165) is 13.1 Å². The van der Waals surface area contributed by atoms with Crippen molar-refractivity contribution in [3.8, 4) is 0 Å². The fraction of sp³-hybridized carbons (Fsp3) is 0.636. The second-order valence-electron chi connectivity index (χ2n) is 4.74. The molecular weight excluding hydrogens is 194 g/mol. The van der Waals surface area contributed by atoms with Gasteiger partial charge in [0.2, 0.25) is 0 Å². The summed E-state index contributed by atoms with van der Waals surface area (Å²) in [6.45, 7) is 6.90. The van der Waals surface area contributed by atoms with Crippen LogP contribution in [-0.4, -0.2) is 25.0 Å². The highest BCUT2D eigenvalue weighted by Gasteiger charge is 2.25. The van der Waals surface area contributed by atoms with E-state index in [4.69, 9.17) is 0 Å². The quantitative estimate of drug-likeness (QED) is 0.418. The van der Waals surface area contributed by atoms with E-state index in [-0.39, 0.29) is 0 Å². The molecule has 1 heterocycles. The third-order valence-electron chi connectivity index (χ3n) is 2.12. The van der Waals surface area contributed by atoms with E-state index in [9.17, 15) is 9.59 Å². The Hall–Kier alpha value is -1.16. The minimum Gasteiger partial charge on any atom is -0.389 e. The van der Waals surface area contributed by atoms with Crippen molar-refractivity contribution in [3.63, 3.8) is 0 Å². The zero-order chi connectivity index (χ0) is 11.5. The monoisotopic (exact) mass is 211 g/mol. The highest BCUT2D eigenvalue weighted by molar-refractivity contribution is 5.93.